The summed E-state index contributed by atoms with van der Waals surface area (Å²) < 4.78 is 7.87. The minimum absolute atomic E-state index is 0.104. The number of halogens is 1. The number of anilines is 3. The largest absolute Gasteiger partial charge is 0.373 e. The van der Waals surface area contributed by atoms with Crippen LogP contribution in [0.3, 0.4) is 0 Å². The third kappa shape index (κ3) is 4.61. The van der Waals surface area contributed by atoms with Gasteiger partial charge in [-0.2, -0.15) is 0 Å². The highest BCUT2D eigenvalue weighted by molar-refractivity contribution is 6.30. The summed E-state index contributed by atoms with van der Waals surface area (Å²) in [6.07, 6.45) is 5.75. The molecule has 0 bridgehead atoms. The molecule has 0 aliphatic carbocycles. The second-order valence-electron chi connectivity index (χ2n) is 9.64. The van der Waals surface area contributed by atoms with E-state index in [1.807, 2.05) is 53.3 Å². The number of morpholine rings is 1. The molecule has 0 unspecified atom stereocenters. The average molecular weight is 518 g/mol. The minimum atomic E-state index is -0.104. The van der Waals surface area contributed by atoms with E-state index in [0.717, 1.165) is 53.5 Å². The van der Waals surface area contributed by atoms with Gasteiger partial charge in [-0.3, -0.25) is 9.20 Å². The molecule has 2 aliphatic rings. The van der Waals surface area contributed by atoms with Gasteiger partial charge in [0.25, 0.3) is 5.91 Å². The smallest absolute Gasteiger partial charge is 0.254 e. The zero-order valence-electron chi connectivity index (χ0n) is 20.7. The van der Waals surface area contributed by atoms with Gasteiger partial charge in [0.15, 0.2) is 0 Å². The molecular formula is C27H28ClN7O2. The molecule has 3 aromatic heterocycles. The fraction of sp³-hybridized carbons (Fsp3) is 0.296. The van der Waals surface area contributed by atoms with E-state index in [-0.39, 0.29) is 12.0 Å². The highest BCUT2D eigenvalue weighted by atomic mass is 35.5. The summed E-state index contributed by atoms with van der Waals surface area (Å²) in [5.74, 6) is 0.578. The summed E-state index contributed by atoms with van der Waals surface area (Å²) in [6.45, 7) is 3.71. The molecule has 1 aromatic carbocycles. The van der Waals surface area contributed by atoms with Crippen LogP contribution in [0, 0.1) is 0 Å². The number of carbonyl (C=O) groups excluding carboxylic acids is 1. The van der Waals surface area contributed by atoms with Crippen LogP contribution < -0.4 is 15.5 Å². The van der Waals surface area contributed by atoms with Gasteiger partial charge in [-0.25, -0.2) is 9.97 Å². The fourth-order valence-corrected chi connectivity index (χ4v) is 5.26. The number of rotatable bonds is 6. The average Bonchev–Trinajstić information content (AvgIpc) is 3.48. The van der Waals surface area contributed by atoms with Crippen molar-refractivity contribution in [3.8, 4) is 11.3 Å². The number of pyridine rings is 2. The number of amides is 1. The Labute approximate surface area is 220 Å². The molecule has 0 radical (unpaired) electrons. The van der Waals surface area contributed by atoms with Crippen molar-refractivity contribution in [1.82, 2.24) is 24.6 Å². The number of likely N-dealkylation sites (N-methyl/N-ethyl adjacent to an activating group) is 1. The van der Waals surface area contributed by atoms with Crippen LogP contribution in [0.25, 0.3) is 16.9 Å². The lowest BCUT2D eigenvalue weighted by molar-refractivity contribution is 0.0247. The molecule has 1 atom stereocenters. The van der Waals surface area contributed by atoms with Gasteiger partial charge >= 0.3 is 0 Å². The van der Waals surface area contributed by atoms with Crippen LogP contribution in [-0.4, -0.2) is 71.6 Å². The van der Waals surface area contributed by atoms with Gasteiger partial charge in [0, 0.05) is 49.0 Å². The molecule has 5 heterocycles. The summed E-state index contributed by atoms with van der Waals surface area (Å²) in [5, 5.41) is 6.95. The molecule has 1 fully saturated rings. The molecule has 2 N–H and O–H groups in total. The molecule has 4 aromatic rings. The highest BCUT2D eigenvalue weighted by Gasteiger charge is 2.27. The summed E-state index contributed by atoms with van der Waals surface area (Å²) in [5.41, 5.74) is 5.97. The number of fused-ring (bicyclic) bond motifs is 2. The molecule has 0 spiro atoms. The van der Waals surface area contributed by atoms with E-state index in [4.69, 9.17) is 16.3 Å². The van der Waals surface area contributed by atoms with Gasteiger partial charge in [-0.05, 0) is 43.9 Å². The molecule has 6 rings (SSSR count). The number of hydrogen-bond acceptors (Lipinski definition) is 7. The zero-order chi connectivity index (χ0) is 25.5. The first-order valence-corrected chi connectivity index (χ1v) is 12.7. The third-order valence-electron chi connectivity index (χ3n) is 6.80. The van der Waals surface area contributed by atoms with Gasteiger partial charge in [-0.15, -0.1) is 0 Å². The van der Waals surface area contributed by atoms with Crippen LogP contribution >= 0.6 is 11.6 Å². The van der Waals surface area contributed by atoms with Crippen LogP contribution in [0.5, 0.6) is 0 Å². The predicted molar refractivity (Wildman–Crippen MR) is 145 cm³/mol. The molecule has 2 aliphatic heterocycles. The Morgan fingerprint density at radius 3 is 2.89 bits per heavy atom. The van der Waals surface area contributed by atoms with E-state index in [1.165, 1.54) is 0 Å². The maximum absolute atomic E-state index is 12.8. The Morgan fingerprint density at radius 2 is 2.08 bits per heavy atom. The van der Waals surface area contributed by atoms with Crippen LogP contribution in [0.2, 0.25) is 5.02 Å². The monoisotopic (exact) mass is 517 g/mol. The van der Waals surface area contributed by atoms with Crippen molar-refractivity contribution in [2.75, 3.05) is 50.6 Å². The summed E-state index contributed by atoms with van der Waals surface area (Å²) in [7, 11) is 4.11. The van der Waals surface area contributed by atoms with Gasteiger partial charge < -0.3 is 25.2 Å². The summed E-state index contributed by atoms with van der Waals surface area (Å²) in [6, 6.07) is 11.6. The molecule has 1 amide bonds. The lowest BCUT2D eigenvalue weighted by Crippen LogP contribution is -2.46. The van der Waals surface area contributed by atoms with E-state index >= 15 is 0 Å². The lowest BCUT2D eigenvalue weighted by Gasteiger charge is -2.35. The Morgan fingerprint density at radius 1 is 1.19 bits per heavy atom. The normalized spacial score (nSPS) is 17.4. The van der Waals surface area contributed by atoms with Crippen LogP contribution in [0.15, 0.2) is 55.0 Å². The number of aromatic nitrogens is 3. The second-order valence-corrected chi connectivity index (χ2v) is 10.1. The molecule has 9 nitrogen and oxygen atoms in total. The topological polar surface area (TPSA) is 87.0 Å². The standard InChI is InChI=1S/C27H28ClN7O2/c1-33(2)15-19-16-34(9-10-37-19)18-3-6-24(29-12-18)32-22-5-4-20(21-13-31-27(36)26(21)22)23-14-30-25-11-17(28)7-8-35(23)25/h3-8,11-12,14,19H,9-10,13,15-16H2,1-2H3,(H,29,32)(H,31,36)/t19-/m0/s1. The van der Waals surface area contributed by atoms with Crippen LogP contribution in [0.4, 0.5) is 17.2 Å². The number of imidazole rings is 1. The van der Waals surface area contributed by atoms with Crippen LogP contribution in [0.1, 0.15) is 15.9 Å². The number of carbonyl (C=O) groups is 1. The van der Waals surface area contributed by atoms with Gasteiger partial charge in [0.1, 0.15) is 11.5 Å². The van der Waals surface area contributed by atoms with Gasteiger partial charge in [-0.1, -0.05) is 17.7 Å². The van der Waals surface area contributed by atoms with Crippen molar-refractivity contribution in [2.45, 2.75) is 12.6 Å². The number of nitrogens with zero attached hydrogens (tertiary/aromatic N) is 5. The van der Waals surface area contributed by atoms with Crippen molar-refractivity contribution in [3.05, 3.63) is 71.1 Å². The molecular weight excluding hydrogens is 490 g/mol. The summed E-state index contributed by atoms with van der Waals surface area (Å²) in [4.78, 5) is 26.4. The van der Waals surface area contributed by atoms with Crippen molar-refractivity contribution in [1.29, 1.82) is 0 Å². The quantitative estimate of drug-likeness (QED) is 0.402. The number of nitrogens with one attached hydrogen (secondary N) is 2. The molecule has 1 saturated heterocycles. The fourth-order valence-electron chi connectivity index (χ4n) is 5.10. The van der Waals surface area contributed by atoms with Crippen LogP contribution in [-0.2, 0) is 11.3 Å². The van der Waals surface area contributed by atoms with Crippen molar-refractivity contribution in [2.24, 2.45) is 0 Å². The maximum Gasteiger partial charge on any atom is 0.254 e. The minimum Gasteiger partial charge on any atom is -0.373 e. The highest BCUT2D eigenvalue weighted by Crippen LogP contribution is 2.35. The predicted octanol–water partition coefficient (Wildman–Crippen LogP) is 3.80. The first-order valence-electron chi connectivity index (χ1n) is 12.3. The van der Waals surface area contributed by atoms with E-state index in [0.29, 0.717) is 29.6 Å². The zero-order valence-corrected chi connectivity index (χ0v) is 21.5. The molecule has 10 heteroatoms. The Kier molecular flexibility index (Phi) is 6.19. The third-order valence-corrected chi connectivity index (χ3v) is 7.04. The van der Waals surface area contributed by atoms with Crippen molar-refractivity contribution >= 4 is 40.3 Å². The number of hydrogen-bond donors (Lipinski definition) is 2. The molecule has 190 valence electrons. The van der Waals surface area contributed by atoms with E-state index in [2.05, 4.69) is 50.6 Å². The molecule has 0 saturated carbocycles. The maximum atomic E-state index is 12.8. The number of ether oxygens (including phenoxy) is 1. The van der Waals surface area contributed by atoms with E-state index in [9.17, 15) is 4.79 Å². The van der Waals surface area contributed by atoms with Gasteiger partial charge in [0.2, 0.25) is 0 Å². The molecule has 37 heavy (non-hydrogen) atoms. The first-order chi connectivity index (χ1) is 18.0. The second kappa shape index (κ2) is 9.66. The Balaban J connectivity index is 1.25. The Hall–Kier alpha value is -3.66. The lowest BCUT2D eigenvalue weighted by atomic mass is 9.99. The van der Waals surface area contributed by atoms with E-state index in [1.54, 1.807) is 0 Å². The van der Waals surface area contributed by atoms with E-state index < -0.39 is 0 Å². The SMILES string of the molecule is CN(C)C[C@H]1CN(c2ccc(Nc3ccc(-c4cnc5cc(Cl)ccn45)c4c3C(=O)NC4)nc2)CCO1. The summed E-state index contributed by atoms with van der Waals surface area (Å²) >= 11 is 6.13. The first kappa shape index (κ1) is 23.7. The number of benzene rings is 1. The van der Waals surface area contributed by atoms with Crippen molar-refractivity contribution < 1.29 is 9.53 Å². The van der Waals surface area contributed by atoms with Crippen molar-refractivity contribution in [3.63, 3.8) is 0 Å². The van der Waals surface area contributed by atoms with Gasteiger partial charge in [0.05, 0.1) is 47.7 Å². The Bertz CT molecular complexity index is 1470.